The Morgan fingerprint density at radius 1 is 0.783 bits per heavy atom. The number of halogens is 2. The summed E-state index contributed by atoms with van der Waals surface area (Å²) in [6.07, 6.45) is 0.199. The van der Waals surface area contributed by atoms with Gasteiger partial charge in [-0.15, -0.1) is 0 Å². The second-order valence-corrected chi connectivity index (χ2v) is 15.1. The molecule has 0 aromatic heterocycles. The van der Waals surface area contributed by atoms with Crippen LogP contribution in [0.5, 0.6) is 0 Å². The van der Waals surface area contributed by atoms with Crippen LogP contribution in [0.15, 0.2) is 102 Å². The Hall–Kier alpha value is -3.85. The first-order chi connectivity index (χ1) is 21.6. The highest BCUT2D eigenvalue weighted by Crippen LogP contribution is 2.28. The highest BCUT2D eigenvalue weighted by molar-refractivity contribution is 7.92. The van der Waals surface area contributed by atoms with Gasteiger partial charge in [-0.1, -0.05) is 89.4 Å². The van der Waals surface area contributed by atoms with Crippen LogP contribution in [0.3, 0.4) is 0 Å². The van der Waals surface area contributed by atoms with E-state index in [0.29, 0.717) is 21.3 Å². The smallest absolute Gasteiger partial charge is 0.264 e. The van der Waals surface area contributed by atoms with E-state index in [1.54, 1.807) is 48.5 Å². The molecule has 1 atom stereocenters. The summed E-state index contributed by atoms with van der Waals surface area (Å²) < 4.78 is 29.5. The van der Waals surface area contributed by atoms with Crippen LogP contribution >= 0.6 is 23.2 Å². The molecule has 7 nitrogen and oxygen atoms in total. The van der Waals surface area contributed by atoms with Crippen molar-refractivity contribution in [2.45, 2.75) is 64.1 Å². The second kappa shape index (κ2) is 14.7. The minimum absolute atomic E-state index is 0.0168. The van der Waals surface area contributed by atoms with Crippen molar-refractivity contribution in [3.63, 3.8) is 0 Å². The number of sulfonamides is 1. The van der Waals surface area contributed by atoms with Crippen molar-refractivity contribution >= 4 is 50.7 Å². The number of nitrogens with zero attached hydrogens (tertiary/aromatic N) is 2. The van der Waals surface area contributed by atoms with Gasteiger partial charge in [0.2, 0.25) is 11.8 Å². The average Bonchev–Trinajstić information content (AvgIpc) is 2.99. The first-order valence-corrected chi connectivity index (χ1v) is 17.1. The minimum Gasteiger partial charge on any atom is -0.350 e. The fourth-order valence-corrected chi connectivity index (χ4v) is 6.72. The zero-order chi connectivity index (χ0) is 33.6. The molecule has 4 rings (SSSR count). The van der Waals surface area contributed by atoms with E-state index in [4.69, 9.17) is 23.2 Å². The first-order valence-electron chi connectivity index (χ1n) is 14.9. The summed E-state index contributed by atoms with van der Waals surface area (Å²) in [5.74, 6) is -0.929. The van der Waals surface area contributed by atoms with Gasteiger partial charge in [-0.25, -0.2) is 8.42 Å². The van der Waals surface area contributed by atoms with Crippen LogP contribution < -0.4 is 9.62 Å². The minimum atomic E-state index is -4.19. The summed E-state index contributed by atoms with van der Waals surface area (Å²) in [6, 6.07) is 26.9. The number of aryl methyl sites for hydroxylation is 2. The summed E-state index contributed by atoms with van der Waals surface area (Å²) in [5.41, 5.74) is 2.94. The number of nitrogens with one attached hydrogen (secondary N) is 1. The topological polar surface area (TPSA) is 86.8 Å². The molecule has 0 spiro atoms. The Morgan fingerprint density at radius 3 is 2.07 bits per heavy atom. The van der Waals surface area contributed by atoms with Gasteiger partial charge < -0.3 is 10.2 Å². The molecule has 2 amide bonds. The Morgan fingerprint density at radius 2 is 1.46 bits per heavy atom. The summed E-state index contributed by atoms with van der Waals surface area (Å²) in [7, 11) is -4.19. The average molecular weight is 681 g/mol. The van der Waals surface area contributed by atoms with E-state index in [1.807, 2.05) is 71.0 Å². The maximum atomic E-state index is 14.6. The maximum Gasteiger partial charge on any atom is 0.264 e. The molecule has 0 bridgehead atoms. The summed E-state index contributed by atoms with van der Waals surface area (Å²) in [6.45, 7) is 8.75. The number of carbonyl (C=O) groups excluding carboxylic acids is 2. The molecule has 10 heteroatoms. The van der Waals surface area contributed by atoms with Crippen molar-refractivity contribution in [2.24, 2.45) is 0 Å². The van der Waals surface area contributed by atoms with Crippen LogP contribution in [0.2, 0.25) is 10.0 Å². The second-order valence-electron chi connectivity index (χ2n) is 12.4. The molecule has 0 aliphatic rings. The third kappa shape index (κ3) is 9.12. The number of hydrogen-bond donors (Lipinski definition) is 1. The molecule has 242 valence electrons. The lowest BCUT2D eigenvalue weighted by atomic mass is 10.0. The molecule has 0 radical (unpaired) electrons. The molecule has 1 N–H and O–H groups in total. The van der Waals surface area contributed by atoms with E-state index in [0.717, 1.165) is 21.0 Å². The Bertz CT molecular complexity index is 1790. The molecule has 4 aromatic carbocycles. The molecule has 4 aromatic rings. The molecule has 0 aliphatic heterocycles. The zero-order valence-electron chi connectivity index (χ0n) is 26.6. The largest absolute Gasteiger partial charge is 0.350 e. The van der Waals surface area contributed by atoms with Crippen molar-refractivity contribution in [1.82, 2.24) is 10.2 Å². The van der Waals surface area contributed by atoms with Gasteiger partial charge in [-0.3, -0.25) is 13.9 Å². The van der Waals surface area contributed by atoms with E-state index in [9.17, 15) is 18.0 Å². The predicted molar refractivity (Wildman–Crippen MR) is 186 cm³/mol. The highest BCUT2D eigenvalue weighted by Gasteiger charge is 2.35. The van der Waals surface area contributed by atoms with E-state index in [-0.39, 0.29) is 23.8 Å². The molecule has 0 fully saturated rings. The number of rotatable bonds is 11. The fourth-order valence-electron chi connectivity index (χ4n) is 4.99. The quantitative estimate of drug-likeness (QED) is 0.179. The summed E-state index contributed by atoms with van der Waals surface area (Å²) >= 11 is 12.5. The Kier molecular flexibility index (Phi) is 11.2. The van der Waals surface area contributed by atoms with Crippen molar-refractivity contribution in [1.29, 1.82) is 0 Å². The predicted octanol–water partition coefficient (Wildman–Crippen LogP) is 7.36. The number of benzene rings is 4. The van der Waals surface area contributed by atoms with Gasteiger partial charge in [0.1, 0.15) is 12.6 Å². The van der Waals surface area contributed by atoms with Crippen LogP contribution in [0.4, 0.5) is 5.69 Å². The van der Waals surface area contributed by atoms with Crippen LogP contribution in [0.1, 0.15) is 43.0 Å². The van der Waals surface area contributed by atoms with Gasteiger partial charge in [0.05, 0.1) is 20.6 Å². The van der Waals surface area contributed by atoms with Gasteiger partial charge in [-0.05, 0) is 87.7 Å². The SMILES string of the molecule is Cc1ccc(S(=O)(=O)N(CC(=O)N(Cc2ccc(Cl)c(Cl)c2)[C@@H](Cc2ccccc2)C(=O)NC(C)(C)C)c2cccc(C)c2)cc1. The van der Waals surface area contributed by atoms with E-state index < -0.39 is 34.1 Å². The van der Waals surface area contributed by atoms with Gasteiger partial charge >= 0.3 is 0 Å². The van der Waals surface area contributed by atoms with Gasteiger partial charge in [0.25, 0.3) is 10.0 Å². The van der Waals surface area contributed by atoms with E-state index in [1.165, 1.54) is 17.0 Å². The van der Waals surface area contributed by atoms with E-state index >= 15 is 0 Å². The zero-order valence-corrected chi connectivity index (χ0v) is 29.0. The Balaban J connectivity index is 1.83. The summed E-state index contributed by atoms with van der Waals surface area (Å²) in [5, 5.41) is 3.67. The van der Waals surface area contributed by atoms with Crippen LogP contribution in [0.25, 0.3) is 0 Å². The lowest BCUT2D eigenvalue weighted by molar-refractivity contribution is -0.140. The molecule has 0 heterocycles. The van der Waals surface area contributed by atoms with Crippen molar-refractivity contribution in [2.75, 3.05) is 10.8 Å². The van der Waals surface area contributed by atoms with Crippen LogP contribution in [0, 0.1) is 13.8 Å². The van der Waals surface area contributed by atoms with Gasteiger partial charge in [-0.2, -0.15) is 0 Å². The lowest BCUT2D eigenvalue weighted by Gasteiger charge is -2.35. The van der Waals surface area contributed by atoms with Crippen molar-refractivity contribution in [3.05, 3.63) is 129 Å². The summed E-state index contributed by atoms with van der Waals surface area (Å²) in [4.78, 5) is 30.1. The highest BCUT2D eigenvalue weighted by atomic mass is 35.5. The molecule has 0 saturated heterocycles. The molecule has 0 saturated carbocycles. The number of anilines is 1. The lowest BCUT2D eigenvalue weighted by Crippen LogP contribution is -2.56. The molecular formula is C36H39Cl2N3O4S. The number of carbonyl (C=O) groups is 2. The standard InChI is InChI=1S/C36H39Cl2N3O4S/c1-25-14-17-30(18-15-25)46(44,45)41(29-13-9-10-26(2)20-29)24-34(42)40(23-28-16-19-31(37)32(38)21-28)33(35(43)39-36(3,4)5)22-27-11-7-6-8-12-27/h6-21,33H,22-24H2,1-5H3,(H,39,43)/t33-/m0/s1. The van der Waals surface area contributed by atoms with Gasteiger partial charge in [0.15, 0.2) is 0 Å². The molecule has 46 heavy (non-hydrogen) atoms. The Labute approximate surface area is 282 Å². The molecule has 0 unspecified atom stereocenters. The monoisotopic (exact) mass is 679 g/mol. The molecule has 0 aliphatic carbocycles. The van der Waals surface area contributed by atoms with E-state index in [2.05, 4.69) is 5.32 Å². The van der Waals surface area contributed by atoms with Crippen molar-refractivity contribution < 1.29 is 18.0 Å². The third-order valence-electron chi connectivity index (χ3n) is 7.28. The van der Waals surface area contributed by atoms with Crippen LogP contribution in [-0.4, -0.2) is 43.3 Å². The normalized spacial score (nSPS) is 12.3. The number of amides is 2. The molecular weight excluding hydrogens is 641 g/mol. The third-order valence-corrected chi connectivity index (χ3v) is 9.81. The number of hydrogen-bond acceptors (Lipinski definition) is 4. The fraction of sp³-hybridized carbons (Fsp3) is 0.278. The maximum absolute atomic E-state index is 14.6. The van der Waals surface area contributed by atoms with Crippen LogP contribution in [-0.2, 0) is 32.6 Å². The first kappa shape index (κ1) is 35.0. The van der Waals surface area contributed by atoms with Crippen molar-refractivity contribution in [3.8, 4) is 0 Å². The van der Waals surface area contributed by atoms with Gasteiger partial charge in [0, 0.05) is 18.5 Å².